The molecule has 1 atom stereocenters. The molecule has 2 rings (SSSR count). The predicted octanol–water partition coefficient (Wildman–Crippen LogP) is 1.52. The molecule has 17 heavy (non-hydrogen) atoms. The molecule has 2 heterocycles. The molecular weight excluding hydrogens is 214 g/mol. The van der Waals surface area contributed by atoms with Gasteiger partial charge in [0.25, 0.3) is 0 Å². The predicted molar refractivity (Wildman–Crippen MR) is 68.5 cm³/mol. The molecule has 94 valence electrons. The van der Waals surface area contributed by atoms with Gasteiger partial charge in [0.05, 0.1) is 12.3 Å². The molecule has 4 nitrogen and oxygen atoms in total. The first-order chi connectivity index (χ1) is 8.28. The van der Waals surface area contributed by atoms with Gasteiger partial charge in [-0.15, -0.1) is 0 Å². The molecule has 0 aliphatic carbocycles. The van der Waals surface area contributed by atoms with Crippen molar-refractivity contribution in [2.24, 2.45) is 5.92 Å². The van der Waals surface area contributed by atoms with Crippen LogP contribution in [0.1, 0.15) is 18.5 Å². The van der Waals surface area contributed by atoms with Gasteiger partial charge in [-0.05, 0) is 37.4 Å². The number of likely N-dealkylation sites (tertiary alicyclic amines) is 1. The van der Waals surface area contributed by atoms with Gasteiger partial charge in [-0.25, -0.2) is 0 Å². The number of aromatic nitrogens is 1. The van der Waals surface area contributed by atoms with Crippen molar-refractivity contribution in [1.29, 1.82) is 0 Å². The van der Waals surface area contributed by atoms with Gasteiger partial charge in [-0.2, -0.15) is 0 Å². The maximum atomic E-state index is 5.76. The van der Waals surface area contributed by atoms with Crippen LogP contribution in [0.25, 0.3) is 0 Å². The number of nitrogen functional groups attached to an aromatic ring is 1. The summed E-state index contributed by atoms with van der Waals surface area (Å²) in [6.45, 7) is 4.01. The highest BCUT2D eigenvalue weighted by Crippen LogP contribution is 2.18. The lowest BCUT2D eigenvalue weighted by atomic mass is 9.99. The third kappa shape index (κ3) is 3.68. The van der Waals surface area contributed by atoms with Gasteiger partial charge in [-0.1, -0.05) is 0 Å². The highest BCUT2D eigenvalue weighted by Gasteiger charge is 2.19. The quantitative estimate of drug-likeness (QED) is 0.859. The molecule has 0 amide bonds. The molecular formula is C13H21N3O. The van der Waals surface area contributed by atoms with E-state index < -0.39 is 0 Å². The Hall–Kier alpha value is -1.13. The average Bonchev–Trinajstić information content (AvgIpc) is 2.30. The fraction of sp³-hybridized carbons (Fsp3) is 0.615. The SMILES string of the molecule is COCC1CCCN(Cc2cc(N)ccn2)C1. The fourth-order valence-corrected chi connectivity index (χ4v) is 2.48. The number of piperidine rings is 1. The van der Waals surface area contributed by atoms with Crippen LogP contribution in [0, 0.1) is 5.92 Å². The molecule has 1 saturated heterocycles. The largest absolute Gasteiger partial charge is 0.399 e. The van der Waals surface area contributed by atoms with Gasteiger partial charge < -0.3 is 10.5 Å². The van der Waals surface area contributed by atoms with E-state index in [1.165, 1.54) is 12.8 Å². The third-order valence-electron chi connectivity index (χ3n) is 3.23. The van der Waals surface area contributed by atoms with E-state index in [9.17, 15) is 0 Å². The molecule has 0 saturated carbocycles. The van der Waals surface area contributed by atoms with Crippen molar-refractivity contribution in [3.05, 3.63) is 24.0 Å². The average molecular weight is 235 g/mol. The molecule has 0 aromatic carbocycles. The van der Waals surface area contributed by atoms with Crippen LogP contribution in [0.4, 0.5) is 5.69 Å². The van der Waals surface area contributed by atoms with Crippen molar-refractivity contribution in [2.45, 2.75) is 19.4 Å². The van der Waals surface area contributed by atoms with E-state index in [2.05, 4.69) is 9.88 Å². The molecule has 0 radical (unpaired) electrons. The van der Waals surface area contributed by atoms with Crippen LogP contribution in [-0.2, 0) is 11.3 Å². The summed E-state index contributed by atoms with van der Waals surface area (Å²) in [5, 5.41) is 0. The molecule has 2 N–H and O–H groups in total. The number of hydrogen-bond donors (Lipinski definition) is 1. The van der Waals surface area contributed by atoms with E-state index in [4.69, 9.17) is 10.5 Å². The zero-order valence-electron chi connectivity index (χ0n) is 10.4. The molecule has 0 bridgehead atoms. The Balaban J connectivity index is 1.90. The van der Waals surface area contributed by atoms with E-state index in [1.54, 1.807) is 13.3 Å². The van der Waals surface area contributed by atoms with Crippen molar-refractivity contribution < 1.29 is 4.74 Å². The summed E-state index contributed by atoms with van der Waals surface area (Å²) < 4.78 is 5.24. The Kier molecular flexibility index (Phi) is 4.34. The summed E-state index contributed by atoms with van der Waals surface area (Å²) in [6, 6.07) is 3.79. The summed E-state index contributed by atoms with van der Waals surface area (Å²) in [6.07, 6.45) is 4.30. The lowest BCUT2D eigenvalue weighted by Crippen LogP contribution is -2.36. The summed E-state index contributed by atoms with van der Waals surface area (Å²) >= 11 is 0. The highest BCUT2D eigenvalue weighted by molar-refractivity contribution is 5.37. The lowest BCUT2D eigenvalue weighted by Gasteiger charge is -2.32. The highest BCUT2D eigenvalue weighted by atomic mass is 16.5. The van der Waals surface area contributed by atoms with Gasteiger partial charge >= 0.3 is 0 Å². The Morgan fingerprint density at radius 2 is 2.47 bits per heavy atom. The van der Waals surface area contributed by atoms with E-state index in [0.29, 0.717) is 5.92 Å². The Bertz CT molecular complexity index is 354. The number of ether oxygens (including phenoxy) is 1. The van der Waals surface area contributed by atoms with Gasteiger partial charge in [0.15, 0.2) is 0 Å². The number of rotatable bonds is 4. The third-order valence-corrected chi connectivity index (χ3v) is 3.23. The maximum absolute atomic E-state index is 5.76. The van der Waals surface area contributed by atoms with Gasteiger partial charge in [0.2, 0.25) is 0 Å². The van der Waals surface area contributed by atoms with E-state index in [-0.39, 0.29) is 0 Å². The second-order valence-corrected chi connectivity index (χ2v) is 4.78. The van der Waals surface area contributed by atoms with Crippen LogP contribution in [-0.4, -0.2) is 36.7 Å². The van der Waals surface area contributed by atoms with Crippen LogP contribution in [0.5, 0.6) is 0 Å². The molecule has 1 aliphatic heterocycles. The first-order valence-electron chi connectivity index (χ1n) is 6.19. The van der Waals surface area contributed by atoms with Crippen molar-refractivity contribution >= 4 is 5.69 Å². The summed E-state index contributed by atoms with van der Waals surface area (Å²) in [5.74, 6) is 0.662. The Morgan fingerprint density at radius 1 is 1.59 bits per heavy atom. The fourth-order valence-electron chi connectivity index (χ4n) is 2.48. The second kappa shape index (κ2) is 5.98. The van der Waals surface area contributed by atoms with Crippen LogP contribution < -0.4 is 5.73 Å². The molecule has 4 heteroatoms. The van der Waals surface area contributed by atoms with Crippen molar-refractivity contribution in [2.75, 3.05) is 32.5 Å². The van der Waals surface area contributed by atoms with Gasteiger partial charge in [0.1, 0.15) is 0 Å². The monoisotopic (exact) mass is 235 g/mol. The molecule has 1 aromatic rings. The smallest absolute Gasteiger partial charge is 0.0564 e. The van der Waals surface area contributed by atoms with Gasteiger partial charge in [-0.3, -0.25) is 9.88 Å². The minimum absolute atomic E-state index is 0.662. The van der Waals surface area contributed by atoms with Gasteiger partial charge in [0, 0.05) is 32.1 Å². The van der Waals surface area contributed by atoms with E-state index >= 15 is 0 Å². The first-order valence-corrected chi connectivity index (χ1v) is 6.19. The number of nitrogens with two attached hydrogens (primary N) is 1. The molecule has 1 fully saturated rings. The van der Waals surface area contributed by atoms with E-state index in [1.807, 2.05) is 12.1 Å². The summed E-state index contributed by atoms with van der Waals surface area (Å²) in [7, 11) is 1.78. The lowest BCUT2D eigenvalue weighted by molar-refractivity contribution is 0.0868. The number of nitrogens with zero attached hydrogens (tertiary/aromatic N) is 2. The zero-order valence-corrected chi connectivity index (χ0v) is 10.4. The first kappa shape index (κ1) is 12.3. The normalized spacial score (nSPS) is 21.6. The minimum atomic E-state index is 0.662. The molecule has 1 unspecified atom stereocenters. The Morgan fingerprint density at radius 3 is 3.24 bits per heavy atom. The Labute approximate surface area is 103 Å². The van der Waals surface area contributed by atoms with Crippen LogP contribution in [0.15, 0.2) is 18.3 Å². The second-order valence-electron chi connectivity index (χ2n) is 4.78. The van der Waals surface area contributed by atoms with E-state index in [0.717, 1.165) is 37.6 Å². The van der Waals surface area contributed by atoms with Crippen molar-refractivity contribution in [3.63, 3.8) is 0 Å². The number of pyridine rings is 1. The minimum Gasteiger partial charge on any atom is -0.399 e. The topological polar surface area (TPSA) is 51.4 Å². The van der Waals surface area contributed by atoms with Crippen LogP contribution >= 0.6 is 0 Å². The molecule has 1 aromatic heterocycles. The summed E-state index contributed by atoms with van der Waals surface area (Å²) in [5.41, 5.74) is 7.61. The molecule has 0 spiro atoms. The van der Waals surface area contributed by atoms with Crippen molar-refractivity contribution in [3.8, 4) is 0 Å². The zero-order chi connectivity index (χ0) is 12.1. The maximum Gasteiger partial charge on any atom is 0.0564 e. The van der Waals surface area contributed by atoms with Crippen LogP contribution in [0.2, 0.25) is 0 Å². The summed E-state index contributed by atoms with van der Waals surface area (Å²) in [4.78, 5) is 6.79. The standard InChI is InChI=1S/C13H21N3O/c1-17-10-11-3-2-6-16(8-11)9-13-7-12(14)4-5-15-13/h4-5,7,11H,2-3,6,8-10H2,1H3,(H2,14,15). The number of methoxy groups -OCH3 is 1. The number of hydrogen-bond acceptors (Lipinski definition) is 4. The molecule has 1 aliphatic rings. The number of anilines is 1. The van der Waals surface area contributed by atoms with Crippen molar-refractivity contribution in [1.82, 2.24) is 9.88 Å². The van der Waals surface area contributed by atoms with Crippen LogP contribution in [0.3, 0.4) is 0 Å².